The molecule has 4 heteroatoms. The lowest BCUT2D eigenvalue weighted by atomic mass is 10.2. The molecular formula is C13H21N3O. The number of nitrogens with one attached hydrogen (secondary N) is 2. The van der Waals surface area contributed by atoms with Crippen molar-refractivity contribution in [3.8, 4) is 0 Å². The molecule has 1 aromatic carbocycles. The fourth-order valence-electron chi connectivity index (χ4n) is 1.53. The van der Waals surface area contributed by atoms with Crippen LogP contribution in [0.3, 0.4) is 0 Å². The van der Waals surface area contributed by atoms with Gasteiger partial charge in [-0.2, -0.15) is 0 Å². The van der Waals surface area contributed by atoms with E-state index in [1.54, 1.807) is 0 Å². The fraction of sp³-hybridized carbons (Fsp3) is 0.462. The normalized spacial score (nSPS) is 10.4. The maximum absolute atomic E-state index is 11.4. The highest BCUT2D eigenvalue weighted by atomic mass is 16.1. The molecule has 0 fully saturated rings. The summed E-state index contributed by atoms with van der Waals surface area (Å²) < 4.78 is 0. The van der Waals surface area contributed by atoms with Gasteiger partial charge in [0.1, 0.15) is 0 Å². The lowest BCUT2D eigenvalue weighted by Crippen LogP contribution is -2.31. The van der Waals surface area contributed by atoms with E-state index in [0.29, 0.717) is 13.0 Å². The Balaban J connectivity index is 2.40. The van der Waals surface area contributed by atoms with E-state index in [1.165, 1.54) is 0 Å². The van der Waals surface area contributed by atoms with Crippen LogP contribution >= 0.6 is 0 Å². The zero-order valence-corrected chi connectivity index (χ0v) is 10.7. The molecule has 94 valence electrons. The van der Waals surface area contributed by atoms with Crippen molar-refractivity contribution in [2.75, 3.05) is 17.6 Å². The summed E-state index contributed by atoms with van der Waals surface area (Å²) in [5.41, 5.74) is 8.55. The third-order valence-corrected chi connectivity index (χ3v) is 2.38. The van der Waals surface area contributed by atoms with Crippen molar-refractivity contribution in [1.82, 2.24) is 5.32 Å². The minimum Gasteiger partial charge on any atom is -0.399 e. The Morgan fingerprint density at radius 2 is 2.12 bits per heavy atom. The number of aryl methyl sites for hydroxylation is 1. The molecule has 0 aromatic heterocycles. The topological polar surface area (TPSA) is 67.1 Å². The lowest BCUT2D eigenvalue weighted by Gasteiger charge is -2.11. The zero-order chi connectivity index (χ0) is 12.8. The van der Waals surface area contributed by atoms with E-state index in [4.69, 9.17) is 5.73 Å². The molecule has 1 rings (SSSR count). The average molecular weight is 235 g/mol. The summed E-state index contributed by atoms with van der Waals surface area (Å²) in [6.45, 7) is 6.53. The van der Waals surface area contributed by atoms with Gasteiger partial charge in [-0.15, -0.1) is 0 Å². The van der Waals surface area contributed by atoms with Crippen molar-refractivity contribution in [2.45, 2.75) is 33.2 Å². The summed E-state index contributed by atoms with van der Waals surface area (Å²) in [7, 11) is 0. The van der Waals surface area contributed by atoms with Crippen molar-refractivity contribution < 1.29 is 4.79 Å². The zero-order valence-electron chi connectivity index (χ0n) is 10.7. The first-order chi connectivity index (χ1) is 7.99. The monoisotopic (exact) mass is 235 g/mol. The molecule has 4 N–H and O–H groups in total. The van der Waals surface area contributed by atoms with Crippen LogP contribution in [0.1, 0.15) is 25.8 Å². The molecule has 0 radical (unpaired) electrons. The van der Waals surface area contributed by atoms with Gasteiger partial charge >= 0.3 is 0 Å². The van der Waals surface area contributed by atoms with Gasteiger partial charge in [0.25, 0.3) is 0 Å². The third-order valence-electron chi connectivity index (χ3n) is 2.38. The number of hydrogen-bond donors (Lipinski definition) is 3. The van der Waals surface area contributed by atoms with Crippen LogP contribution in [0, 0.1) is 6.92 Å². The van der Waals surface area contributed by atoms with E-state index in [9.17, 15) is 4.79 Å². The van der Waals surface area contributed by atoms with Crippen LogP contribution in [-0.4, -0.2) is 18.5 Å². The van der Waals surface area contributed by atoms with E-state index in [1.807, 2.05) is 39.0 Å². The van der Waals surface area contributed by atoms with Gasteiger partial charge in [0.05, 0.1) is 0 Å². The van der Waals surface area contributed by atoms with E-state index < -0.39 is 0 Å². The van der Waals surface area contributed by atoms with E-state index in [0.717, 1.165) is 16.9 Å². The molecule has 4 nitrogen and oxygen atoms in total. The van der Waals surface area contributed by atoms with Crippen LogP contribution in [0.5, 0.6) is 0 Å². The van der Waals surface area contributed by atoms with Crippen LogP contribution in [0.4, 0.5) is 11.4 Å². The van der Waals surface area contributed by atoms with E-state index in [-0.39, 0.29) is 11.9 Å². The van der Waals surface area contributed by atoms with Crippen LogP contribution in [0.2, 0.25) is 0 Å². The SMILES string of the molecule is Cc1ccc(N)cc1NCCC(=O)NC(C)C. The molecule has 0 spiro atoms. The van der Waals surface area contributed by atoms with Crippen LogP contribution < -0.4 is 16.4 Å². The number of nitrogen functional groups attached to an aromatic ring is 1. The predicted molar refractivity (Wildman–Crippen MR) is 72.0 cm³/mol. The summed E-state index contributed by atoms with van der Waals surface area (Å²) in [6, 6.07) is 5.91. The van der Waals surface area contributed by atoms with Gasteiger partial charge in [-0.05, 0) is 38.5 Å². The first kappa shape index (κ1) is 13.4. The Hall–Kier alpha value is -1.71. The summed E-state index contributed by atoms with van der Waals surface area (Å²) in [5, 5.41) is 6.07. The molecule has 1 amide bonds. The number of hydrogen-bond acceptors (Lipinski definition) is 3. The van der Waals surface area contributed by atoms with Gasteiger partial charge in [0.2, 0.25) is 5.91 Å². The lowest BCUT2D eigenvalue weighted by molar-refractivity contribution is -0.121. The van der Waals surface area contributed by atoms with E-state index in [2.05, 4.69) is 10.6 Å². The number of benzene rings is 1. The standard InChI is InChI=1S/C13H21N3O/c1-9(2)16-13(17)6-7-15-12-8-11(14)5-4-10(12)3/h4-5,8-9,15H,6-7,14H2,1-3H3,(H,16,17). The molecule has 0 aliphatic heterocycles. The molecule has 1 aromatic rings. The molecule has 0 saturated carbocycles. The third kappa shape index (κ3) is 4.76. The Labute approximate surface area is 103 Å². The quantitative estimate of drug-likeness (QED) is 0.683. The maximum Gasteiger partial charge on any atom is 0.221 e. The summed E-state index contributed by atoms with van der Waals surface area (Å²) >= 11 is 0. The largest absolute Gasteiger partial charge is 0.399 e. The van der Waals surface area contributed by atoms with Crippen molar-refractivity contribution in [3.63, 3.8) is 0 Å². The highest BCUT2D eigenvalue weighted by molar-refractivity contribution is 5.76. The minimum atomic E-state index is 0.0639. The molecule has 0 bridgehead atoms. The summed E-state index contributed by atoms with van der Waals surface area (Å²) in [6.07, 6.45) is 0.465. The Kier molecular flexibility index (Phi) is 4.82. The van der Waals surface area contributed by atoms with Gasteiger partial charge < -0.3 is 16.4 Å². The Bertz CT molecular complexity index is 388. The van der Waals surface area contributed by atoms with Gasteiger partial charge in [0, 0.05) is 30.4 Å². The van der Waals surface area contributed by atoms with Gasteiger partial charge in [-0.1, -0.05) is 6.07 Å². The average Bonchev–Trinajstić information content (AvgIpc) is 2.22. The summed E-state index contributed by atoms with van der Waals surface area (Å²) in [4.78, 5) is 11.4. The Morgan fingerprint density at radius 1 is 1.41 bits per heavy atom. The molecule has 0 unspecified atom stereocenters. The number of carbonyl (C=O) groups excluding carboxylic acids is 1. The molecule has 0 atom stereocenters. The van der Waals surface area contributed by atoms with Gasteiger partial charge in [-0.25, -0.2) is 0 Å². The van der Waals surface area contributed by atoms with Crippen LogP contribution in [-0.2, 0) is 4.79 Å². The van der Waals surface area contributed by atoms with Crippen molar-refractivity contribution in [1.29, 1.82) is 0 Å². The van der Waals surface area contributed by atoms with Crippen molar-refractivity contribution in [3.05, 3.63) is 23.8 Å². The number of amides is 1. The van der Waals surface area contributed by atoms with Gasteiger partial charge in [0.15, 0.2) is 0 Å². The number of anilines is 2. The second-order valence-electron chi connectivity index (χ2n) is 4.47. The first-order valence-corrected chi connectivity index (χ1v) is 5.88. The Morgan fingerprint density at radius 3 is 2.76 bits per heavy atom. The first-order valence-electron chi connectivity index (χ1n) is 5.88. The highest BCUT2D eigenvalue weighted by Gasteiger charge is 2.03. The molecule has 17 heavy (non-hydrogen) atoms. The maximum atomic E-state index is 11.4. The predicted octanol–water partition coefficient (Wildman–Crippen LogP) is 1.90. The number of carbonyl (C=O) groups is 1. The smallest absolute Gasteiger partial charge is 0.221 e. The number of rotatable bonds is 5. The molecule has 0 aliphatic carbocycles. The molecule has 0 saturated heterocycles. The number of nitrogens with two attached hydrogens (primary N) is 1. The second-order valence-corrected chi connectivity index (χ2v) is 4.47. The van der Waals surface area contributed by atoms with Gasteiger partial charge in [-0.3, -0.25) is 4.79 Å². The summed E-state index contributed by atoms with van der Waals surface area (Å²) in [5.74, 6) is 0.0639. The minimum absolute atomic E-state index is 0.0639. The molecule has 0 heterocycles. The second kappa shape index (κ2) is 6.13. The fourth-order valence-corrected chi connectivity index (χ4v) is 1.53. The molecule has 0 aliphatic rings. The van der Waals surface area contributed by atoms with Crippen LogP contribution in [0.15, 0.2) is 18.2 Å². The highest BCUT2D eigenvalue weighted by Crippen LogP contribution is 2.17. The van der Waals surface area contributed by atoms with Crippen molar-refractivity contribution >= 4 is 17.3 Å². The molecular weight excluding hydrogens is 214 g/mol. The van der Waals surface area contributed by atoms with E-state index >= 15 is 0 Å². The van der Waals surface area contributed by atoms with Crippen LogP contribution in [0.25, 0.3) is 0 Å². The van der Waals surface area contributed by atoms with Crippen molar-refractivity contribution in [2.24, 2.45) is 0 Å².